The van der Waals surface area contributed by atoms with E-state index in [9.17, 15) is 18.4 Å². The first-order valence-corrected chi connectivity index (χ1v) is 6.54. The van der Waals surface area contributed by atoms with Gasteiger partial charge in [-0.2, -0.15) is 0 Å². The Labute approximate surface area is 126 Å². The third-order valence-electron chi connectivity index (χ3n) is 3.39. The van der Waals surface area contributed by atoms with E-state index in [1.807, 2.05) is 5.32 Å². The molecular formula is C13H18ClF2N3O2. The molecule has 0 unspecified atom stereocenters. The summed E-state index contributed by atoms with van der Waals surface area (Å²) >= 11 is 0. The molecule has 0 atom stereocenters. The Hall–Kier alpha value is -1.47. The number of rotatable bonds is 4. The Morgan fingerprint density at radius 1 is 1.38 bits per heavy atom. The molecule has 1 aromatic rings. The maximum Gasteiger partial charge on any atom is 0.277 e. The van der Waals surface area contributed by atoms with E-state index in [-0.39, 0.29) is 18.0 Å². The zero-order valence-corrected chi connectivity index (χ0v) is 12.2. The highest BCUT2D eigenvalue weighted by atomic mass is 35.5. The van der Waals surface area contributed by atoms with E-state index in [0.29, 0.717) is 0 Å². The Kier molecular flexibility index (Phi) is 5.86. The smallest absolute Gasteiger partial charge is 0.277 e. The molecule has 1 aliphatic carbocycles. The van der Waals surface area contributed by atoms with Gasteiger partial charge in [0, 0.05) is 5.69 Å². The summed E-state index contributed by atoms with van der Waals surface area (Å²) in [5.41, 5.74) is 5.96. The molecule has 1 amide bonds. The van der Waals surface area contributed by atoms with Crippen LogP contribution >= 0.6 is 12.4 Å². The molecule has 118 valence electrons. The van der Waals surface area contributed by atoms with E-state index in [1.54, 1.807) is 0 Å². The van der Waals surface area contributed by atoms with Gasteiger partial charge in [-0.05, 0) is 37.3 Å². The summed E-state index contributed by atoms with van der Waals surface area (Å²) in [4.78, 5) is 26.3. The number of nitrogens with one attached hydrogen (secondary N) is 2. The van der Waals surface area contributed by atoms with E-state index in [2.05, 4.69) is 4.98 Å². The van der Waals surface area contributed by atoms with Crippen LogP contribution < -0.4 is 16.6 Å². The first kappa shape index (κ1) is 17.6. The van der Waals surface area contributed by atoms with Crippen LogP contribution in [0.1, 0.15) is 34.5 Å². The lowest BCUT2D eigenvalue weighted by Gasteiger charge is -2.17. The van der Waals surface area contributed by atoms with Gasteiger partial charge >= 0.3 is 0 Å². The number of pyridine rings is 1. The van der Waals surface area contributed by atoms with Gasteiger partial charge in [-0.1, -0.05) is 0 Å². The van der Waals surface area contributed by atoms with E-state index in [0.717, 1.165) is 36.9 Å². The zero-order chi connectivity index (χ0) is 14.8. The molecule has 0 radical (unpaired) electrons. The standard InChI is InChI=1S/C13H17F2N3O2.ClH/c14-13(15,6-16)7-17-11(19)9-5-8-3-1-2-4-10(8)18-12(9)20;/h5H,1-4,6-7,16H2,(H,17,19)(H,18,20);1H. The minimum atomic E-state index is -3.17. The van der Waals surface area contributed by atoms with Gasteiger partial charge in [0.25, 0.3) is 17.4 Å². The molecule has 0 saturated heterocycles. The lowest BCUT2D eigenvalue weighted by Crippen LogP contribution is -2.42. The molecule has 0 bridgehead atoms. The quantitative estimate of drug-likeness (QED) is 0.773. The molecular weight excluding hydrogens is 304 g/mol. The van der Waals surface area contributed by atoms with Gasteiger partial charge in [0.15, 0.2) is 0 Å². The van der Waals surface area contributed by atoms with Crippen molar-refractivity contribution < 1.29 is 13.6 Å². The number of alkyl halides is 2. The summed E-state index contributed by atoms with van der Waals surface area (Å²) in [6.45, 7) is -1.73. The van der Waals surface area contributed by atoms with Crippen LogP contribution in [0, 0.1) is 0 Å². The highest BCUT2D eigenvalue weighted by Crippen LogP contribution is 2.18. The first-order valence-electron chi connectivity index (χ1n) is 6.54. The third kappa shape index (κ3) is 4.25. The molecule has 0 saturated carbocycles. The number of halogens is 3. The molecule has 0 spiro atoms. The summed E-state index contributed by atoms with van der Waals surface area (Å²) < 4.78 is 26.0. The monoisotopic (exact) mass is 321 g/mol. The fraction of sp³-hybridized carbons (Fsp3) is 0.538. The maximum atomic E-state index is 13.0. The third-order valence-corrected chi connectivity index (χ3v) is 3.39. The van der Waals surface area contributed by atoms with Crippen LogP contribution in [-0.2, 0) is 12.8 Å². The second-order valence-electron chi connectivity index (χ2n) is 4.97. The summed E-state index contributed by atoms with van der Waals surface area (Å²) in [7, 11) is 0. The Bertz CT molecular complexity index is 575. The number of fused-ring (bicyclic) bond motifs is 1. The van der Waals surface area contributed by atoms with E-state index < -0.39 is 30.5 Å². The number of hydrogen-bond acceptors (Lipinski definition) is 3. The van der Waals surface area contributed by atoms with Crippen LogP contribution in [0.3, 0.4) is 0 Å². The lowest BCUT2D eigenvalue weighted by molar-refractivity contribution is 0.0118. The fourth-order valence-electron chi connectivity index (χ4n) is 2.22. The van der Waals surface area contributed by atoms with Crippen LogP contribution in [-0.4, -0.2) is 29.9 Å². The summed E-state index contributed by atoms with van der Waals surface area (Å²) in [5.74, 6) is -3.97. The van der Waals surface area contributed by atoms with Crippen molar-refractivity contribution in [1.29, 1.82) is 0 Å². The van der Waals surface area contributed by atoms with Crippen LogP contribution in [0.5, 0.6) is 0 Å². The van der Waals surface area contributed by atoms with Crippen molar-refractivity contribution in [2.24, 2.45) is 5.73 Å². The van der Waals surface area contributed by atoms with Crippen molar-refractivity contribution >= 4 is 18.3 Å². The maximum absolute atomic E-state index is 13.0. The second kappa shape index (κ2) is 7.00. The molecule has 4 N–H and O–H groups in total. The molecule has 2 rings (SSSR count). The molecule has 1 aromatic heterocycles. The number of nitrogens with two attached hydrogens (primary N) is 1. The van der Waals surface area contributed by atoms with Crippen molar-refractivity contribution in [3.63, 3.8) is 0 Å². The van der Waals surface area contributed by atoms with Gasteiger partial charge in [-0.15, -0.1) is 12.4 Å². The molecule has 0 aliphatic heterocycles. The molecule has 8 heteroatoms. The number of aromatic amines is 1. The lowest BCUT2D eigenvalue weighted by atomic mass is 9.95. The van der Waals surface area contributed by atoms with E-state index >= 15 is 0 Å². The van der Waals surface area contributed by atoms with Crippen molar-refractivity contribution in [3.05, 3.63) is 33.2 Å². The van der Waals surface area contributed by atoms with E-state index in [4.69, 9.17) is 5.73 Å². The number of amides is 1. The van der Waals surface area contributed by atoms with Gasteiger partial charge in [0.2, 0.25) is 0 Å². The molecule has 5 nitrogen and oxygen atoms in total. The summed E-state index contributed by atoms with van der Waals surface area (Å²) in [6, 6.07) is 1.50. The predicted molar refractivity (Wildman–Crippen MR) is 77.3 cm³/mol. The average molecular weight is 322 g/mol. The fourth-order valence-corrected chi connectivity index (χ4v) is 2.22. The first-order chi connectivity index (χ1) is 9.43. The number of aryl methyl sites for hydroxylation is 2. The second-order valence-corrected chi connectivity index (χ2v) is 4.97. The van der Waals surface area contributed by atoms with Crippen LogP contribution in [0.15, 0.2) is 10.9 Å². The number of aromatic nitrogens is 1. The Morgan fingerprint density at radius 3 is 2.71 bits per heavy atom. The number of H-pyrrole nitrogens is 1. The summed E-state index contributed by atoms with van der Waals surface area (Å²) in [6.07, 6.45) is 3.55. The zero-order valence-electron chi connectivity index (χ0n) is 11.4. The van der Waals surface area contributed by atoms with Crippen LogP contribution in [0.25, 0.3) is 0 Å². The molecule has 21 heavy (non-hydrogen) atoms. The van der Waals surface area contributed by atoms with Gasteiger partial charge < -0.3 is 16.0 Å². The summed E-state index contributed by atoms with van der Waals surface area (Å²) in [5, 5.41) is 2.05. The topological polar surface area (TPSA) is 88.0 Å². The predicted octanol–water partition coefficient (Wildman–Crippen LogP) is 0.999. The molecule has 1 aliphatic rings. The van der Waals surface area contributed by atoms with Gasteiger partial charge in [-0.3, -0.25) is 9.59 Å². The van der Waals surface area contributed by atoms with Crippen molar-refractivity contribution in [1.82, 2.24) is 10.3 Å². The van der Waals surface area contributed by atoms with Crippen molar-refractivity contribution in [3.8, 4) is 0 Å². The molecule has 0 aromatic carbocycles. The Morgan fingerprint density at radius 2 is 2.05 bits per heavy atom. The minimum Gasteiger partial charge on any atom is -0.346 e. The Balaban J connectivity index is 0.00000220. The van der Waals surface area contributed by atoms with Crippen molar-refractivity contribution in [2.45, 2.75) is 31.6 Å². The largest absolute Gasteiger partial charge is 0.346 e. The highest BCUT2D eigenvalue weighted by molar-refractivity contribution is 5.94. The van der Waals surface area contributed by atoms with Crippen LogP contribution in [0.4, 0.5) is 8.78 Å². The molecule has 0 fully saturated rings. The number of hydrogen-bond donors (Lipinski definition) is 3. The SMILES string of the molecule is Cl.NCC(F)(F)CNC(=O)c1cc2c([nH]c1=O)CCCC2. The van der Waals surface area contributed by atoms with Gasteiger partial charge in [-0.25, -0.2) is 8.78 Å². The average Bonchev–Trinajstić information content (AvgIpc) is 2.44. The van der Waals surface area contributed by atoms with Gasteiger partial charge in [0.05, 0.1) is 13.1 Å². The van der Waals surface area contributed by atoms with Gasteiger partial charge in [0.1, 0.15) is 5.56 Å². The molecule has 1 heterocycles. The number of carbonyl (C=O) groups excluding carboxylic acids is 1. The van der Waals surface area contributed by atoms with E-state index in [1.165, 1.54) is 6.07 Å². The highest BCUT2D eigenvalue weighted by Gasteiger charge is 2.28. The normalized spacial score (nSPS) is 14.0. The minimum absolute atomic E-state index is 0. The van der Waals surface area contributed by atoms with Crippen molar-refractivity contribution in [2.75, 3.05) is 13.1 Å². The van der Waals surface area contributed by atoms with Crippen LogP contribution in [0.2, 0.25) is 0 Å². The number of carbonyl (C=O) groups is 1.